The van der Waals surface area contributed by atoms with Gasteiger partial charge in [0.1, 0.15) is 5.82 Å². The van der Waals surface area contributed by atoms with Gasteiger partial charge in [-0.2, -0.15) is 0 Å². The number of hydrogen-bond acceptors (Lipinski definition) is 3. The fourth-order valence-corrected chi connectivity index (χ4v) is 1.66. The molecule has 5 nitrogen and oxygen atoms in total. The Labute approximate surface area is 124 Å². The normalized spacial score (nSPS) is 11.1. The summed E-state index contributed by atoms with van der Waals surface area (Å²) in [4.78, 5) is 22.7. The first kappa shape index (κ1) is 17.1. The Bertz CT molecular complexity index is 524. The molecule has 21 heavy (non-hydrogen) atoms. The first-order chi connectivity index (χ1) is 9.67. The van der Waals surface area contributed by atoms with Crippen LogP contribution >= 0.6 is 0 Å². The van der Waals surface area contributed by atoms with Gasteiger partial charge in [0.2, 0.25) is 11.8 Å². The number of benzene rings is 1. The topological polar surface area (TPSA) is 70.2 Å². The van der Waals surface area contributed by atoms with E-state index in [0.717, 1.165) is 0 Å². The molecule has 0 unspecified atom stereocenters. The van der Waals surface area contributed by atoms with Crippen molar-refractivity contribution in [1.29, 1.82) is 0 Å². The van der Waals surface area contributed by atoms with Gasteiger partial charge >= 0.3 is 0 Å². The van der Waals surface area contributed by atoms with Gasteiger partial charge < -0.3 is 16.0 Å². The van der Waals surface area contributed by atoms with Crippen LogP contribution in [-0.2, 0) is 9.59 Å². The second-order valence-corrected chi connectivity index (χ2v) is 5.85. The van der Waals surface area contributed by atoms with E-state index in [1.807, 2.05) is 20.8 Å². The Morgan fingerprint density at radius 2 is 1.86 bits per heavy atom. The van der Waals surface area contributed by atoms with E-state index in [1.165, 1.54) is 25.1 Å². The van der Waals surface area contributed by atoms with Gasteiger partial charge in [0.05, 0.1) is 5.69 Å². The van der Waals surface area contributed by atoms with Crippen LogP contribution in [0.2, 0.25) is 0 Å². The molecule has 0 bridgehead atoms. The number of amides is 2. The molecule has 0 atom stereocenters. The molecule has 0 aliphatic carbocycles. The first-order valence-electron chi connectivity index (χ1n) is 6.79. The third-order valence-electron chi connectivity index (χ3n) is 2.57. The van der Waals surface area contributed by atoms with Crippen LogP contribution in [0.4, 0.5) is 15.8 Å². The second kappa shape index (κ2) is 7.17. The van der Waals surface area contributed by atoms with Gasteiger partial charge in [0.15, 0.2) is 0 Å². The summed E-state index contributed by atoms with van der Waals surface area (Å²) in [6.07, 6.45) is 0.310. The highest BCUT2D eigenvalue weighted by Crippen LogP contribution is 2.19. The van der Waals surface area contributed by atoms with E-state index in [2.05, 4.69) is 16.0 Å². The molecular formula is C15H22FN3O2. The molecule has 0 radical (unpaired) electrons. The summed E-state index contributed by atoms with van der Waals surface area (Å²) in [7, 11) is 0. The van der Waals surface area contributed by atoms with Crippen LogP contribution in [0.25, 0.3) is 0 Å². The van der Waals surface area contributed by atoms with Crippen molar-refractivity contribution in [2.75, 3.05) is 17.2 Å². The van der Waals surface area contributed by atoms with Crippen molar-refractivity contribution in [3.05, 3.63) is 24.0 Å². The summed E-state index contributed by atoms with van der Waals surface area (Å²) >= 11 is 0. The first-order valence-corrected chi connectivity index (χ1v) is 6.79. The molecule has 3 N–H and O–H groups in total. The minimum absolute atomic E-state index is 0.0469. The highest BCUT2D eigenvalue weighted by molar-refractivity contribution is 5.93. The van der Waals surface area contributed by atoms with Gasteiger partial charge in [-0.25, -0.2) is 4.39 Å². The average molecular weight is 295 g/mol. The molecule has 0 heterocycles. The van der Waals surface area contributed by atoms with E-state index in [1.54, 1.807) is 0 Å². The van der Waals surface area contributed by atoms with E-state index >= 15 is 0 Å². The maximum Gasteiger partial charge on any atom is 0.225 e. The largest absolute Gasteiger partial charge is 0.326 e. The van der Waals surface area contributed by atoms with Gasteiger partial charge in [-0.05, 0) is 39.0 Å². The molecular weight excluding hydrogens is 273 g/mol. The second-order valence-electron chi connectivity index (χ2n) is 5.85. The Kier molecular flexibility index (Phi) is 5.84. The number of halogens is 1. The van der Waals surface area contributed by atoms with Gasteiger partial charge in [0.25, 0.3) is 0 Å². The molecule has 0 aromatic heterocycles. The summed E-state index contributed by atoms with van der Waals surface area (Å²) in [5, 5.41) is 8.25. The van der Waals surface area contributed by atoms with Crippen LogP contribution in [0.1, 0.15) is 34.1 Å². The number of anilines is 2. The van der Waals surface area contributed by atoms with Crippen molar-refractivity contribution in [2.45, 2.75) is 39.7 Å². The Morgan fingerprint density at radius 3 is 2.43 bits per heavy atom. The van der Waals surface area contributed by atoms with E-state index < -0.39 is 5.82 Å². The summed E-state index contributed by atoms with van der Waals surface area (Å²) in [5.74, 6) is -1.09. The van der Waals surface area contributed by atoms with Crippen molar-refractivity contribution >= 4 is 23.2 Å². The monoisotopic (exact) mass is 295 g/mol. The number of hydrogen-bond donors (Lipinski definition) is 3. The van der Waals surface area contributed by atoms with Crippen LogP contribution in [0.3, 0.4) is 0 Å². The maximum atomic E-state index is 13.5. The van der Waals surface area contributed by atoms with Gasteiger partial charge in [0, 0.05) is 31.1 Å². The molecule has 0 fully saturated rings. The molecule has 6 heteroatoms. The van der Waals surface area contributed by atoms with Crippen LogP contribution in [0.15, 0.2) is 18.2 Å². The van der Waals surface area contributed by atoms with E-state index in [4.69, 9.17) is 0 Å². The Balaban J connectivity index is 2.58. The minimum Gasteiger partial charge on any atom is -0.326 e. The number of carbonyl (C=O) groups excluding carboxylic acids is 2. The van der Waals surface area contributed by atoms with E-state index in [0.29, 0.717) is 18.7 Å². The van der Waals surface area contributed by atoms with Crippen LogP contribution in [-0.4, -0.2) is 23.9 Å². The zero-order valence-electron chi connectivity index (χ0n) is 12.8. The molecule has 0 aliphatic rings. The zero-order chi connectivity index (χ0) is 16.0. The molecule has 0 saturated heterocycles. The molecule has 116 valence electrons. The highest BCUT2D eigenvalue weighted by Gasteiger charge is 2.11. The lowest BCUT2D eigenvalue weighted by atomic mass is 10.1. The lowest BCUT2D eigenvalue weighted by Crippen LogP contribution is -2.37. The third kappa shape index (κ3) is 6.85. The summed E-state index contributed by atoms with van der Waals surface area (Å²) in [5.41, 5.74) is 0.448. The third-order valence-corrected chi connectivity index (χ3v) is 2.57. The molecule has 2 amide bonds. The number of nitrogens with one attached hydrogen (secondary N) is 3. The minimum atomic E-state index is -0.544. The predicted octanol–water partition coefficient (Wildman–Crippen LogP) is 2.50. The number of carbonyl (C=O) groups is 2. The lowest BCUT2D eigenvalue weighted by Gasteiger charge is -2.20. The molecule has 1 rings (SSSR count). The van der Waals surface area contributed by atoms with Crippen molar-refractivity contribution in [3.63, 3.8) is 0 Å². The highest BCUT2D eigenvalue weighted by atomic mass is 19.1. The molecule has 1 aromatic carbocycles. The van der Waals surface area contributed by atoms with Gasteiger partial charge in [-0.1, -0.05) is 0 Å². The zero-order valence-corrected chi connectivity index (χ0v) is 12.8. The molecule has 0 aliphatic heterocycles. The maximum absolute atomic E-state index is 13.5. The molecule has 1 aromatic rings. The fraction of sp³-hybridized carbons (Fsp3) is 0.467. The lowest BCUT2D eigenvalue weighted by molar-refractivity contribution is -0.116. The standard InChI is InChI=1S/C15H22FN3O2/c1-10(20)18-13-9-11(5-6-12(13)16)19-14(21)7-8-17-15(2,3)4/h5-6,9,17H,7-8H2,1-4H3,(H,18,20)(H,19,21). The van der Waals surface area contributed by atoms with E-state index in [-0.39, 0.29) is 23.0 Å². The fourth-order valence-electron chi connectivity index (χ4n) is 1.66. The van der Waals surface area contributed by atoms with Crippen LogP contribution in [0.5, 0.6) is 0 Å². The predicted molar refractivity (Wildman–Crippen MR) is 81.7 cm³/mol. The van der Waals surface area contributed by atoms with Gasteiger partial charge in [-0.3, -0.25) is 9.59 Å². The average Bonchev–Trinajstić information content (AvgIpc) is 2.31. The van der Waals surface area contributed by atoms with Crippen molar-refractivity contribution < 1.29 is 14.0 Å². The van der Waals surface area contributed by atoms with Crippen LogP contribution < -0.4 is 16.0 Å². The summed E-state index contributed by atoms with van der Waals surface area (Å²) in [6.45, 7) is 7.90. The van der Waals surface area contributed by atoms with Crippen LogP contribution in [0, 0.1) is 5.82 Å². The van der Waals surface area contributed by atoms with Crippen molar-refractivity contribution in [3.8, 4) is 0 Å². The Hall–Kier alpha value is -1.95. The number of rotatable bonds is 5. The van der Waals surface area contributed by atoms with Gasteiger partial charge in [-0.15, -0.1) is 0 Å². The summed E-state index contributed by atoms with van der Waals surface area (Å²) in [6, 6.07) is 4.05. The molecule has 0 spiro atoms. The van der Waals surface area contributed by atoms with Crippen molar-refractivity contribution in [2.24, 2.45) is 0 Å². The molecule has 0 saturated carbocycles. The SMILES string of the molecule is CC(=O)Nc1cc(NC(=O)CCNC(C)(C)C)ccc1F. The Morgan fingerprint density at radius 1 is 1.19 bits per heavy atom. The summed E-state index contributed by atoms with van der Waals surface area (Å²) < 4.78 is 13.5. The van der Waals surface area contributed by atoms with E-state index in [9.17, 15) is 14.0 Å². The smallest absolute Gasteiger partial charge is 0.225 e. The van der Waals surface area contributed by atoms with Crippen molar-refractivity contribution in [1.82, 2.24) is 5.32 Å². The quantitative estimate of drug-likeness (QED) is 0.781.